The summed E-state index contributed by atoms with van der Waals surface area (Å²) in [4.78, 5) is 12.3. The molecule has 0 saturated carbocycles. The SMILES string of the molecule is Cc1ccc2oc(C(=O)NCC[C@@H](O)C(C)(C)C)c(C)c2c1. The quantitative estimate of drug-likeness (QED) is 0.907. The van der Waals surface area contributed by atoms with E-state index in [0.717, 1.165) is 22.1 Å². The second-order valence-corrected chi connectivity index (χ2v) is 6.98. The molecule has 0 radical (unpaired) electrons. The number of aliphatic hydroxyl groups is 1. The Balaban J connectivity index is 2.06. The Labute approximate surface area is 131 Å². The molecule has 22 heavy (non-hydrogen) atoms. The number of furan rings is 1. The fourth-order valence-electron chi connectivity index (χ4n) is 2.39. The van der Waals surface area contributed by atoms with E-state index in [1.807, 2.05) is 52.8 Å². The van der Waals surface area contributed by atoms with Crippen molar-refractivity contribution in [2.24, 2.45) is 5.41 Å². The Morgan fingerprint density at radius 1 is 1.32 bits per heavy atom. The van der Waals surface area contributed by atoms with Gasteiger partial charge in [0.05, 0.1) is 6.10 Å². The number of nitrogens with one attached hydrogen (secondary N) is 1. The summed E-state index contributed by atoms with van der Waals surface area (Å²) in [6.45, 7) is 10.3. The predicted molar refractivity (Wildman–Crippen MR) is 88.1 cm³/mol. The standard InChI is InChI=1S/C18H25NO3/c1-11-6-7-14-13(10-11)12(2)16(22-14)17(21)19-9-8-15(20)18(3,4)5/h6-7,10,15,20H,8-9H2,1-5H3,(H,19,21)/t15-/m1/s1. The number of aryl methyl sites for hydroxylation is 2. The van der Waals surface area contributed by atoms with Crippen molar-refractivity contribution < 1.29 is 14.3 Å². The monoisotopic (exact) mass is 303 g/mol. The molecule has 0 fully saturated rings. The molecule has 1 heterocycles. The van der Waals surface area contributed by atoms with Crippen LogP contribution in [0.2, 0.25) is 0 Å². The van der Waals surface area contributed by atoms with E-state index in [0.29, 0.717) is 18.7 Å². The van der Waals surface area contributed by atoms with E-state index in [-0.39, 0.29) is 11.3 Å². The highest BCUT2D eigenvalue weighted by molar-refractivity contribution is 5.99. The first-order valence-electron chi connectivity index (χ1n) is 7.66. The molecule has 4 nitrogen and oxygen atoms in total. The van der Waals surface area contributed by atoms with Gasteiger partial charge >= 0.3 is 0 Å². The van der Waals surface area contributed by atoms with Gasteiger partial charge in [0.15, 0.2) is 5.76 Å². The third-order valence-electron chi connectivity index (χ3n) is 4.00. The molecule has 0 aliphatic heterocycles. The third kappa shape index (κ3) is 3.50. The second kappa shape index (κ2) is 6.13. The first-order valence-corrected chi connectivity index (χ1v) is 7.66. The average Bonchev–Trinajstić information content (AvgIpc) is 2.75. The molecular weight excluding hydrogens is 278 g/mol. The van der Waals surface area contributed by atoms with Crippen LogP contribution in [0.4, 0.5) is 0 Å². The number of fused-ring (bicyclic) bond motifs is 1. The molecule has 1 atom stereocenters. The van der Waals surface area contributed by atoms with Gasteiger partial charge in [-0.05, 0) is 37.8 Å². The fourth-order valence-corrected chi connectivity index (χ4v) is 2.39. The molecule has 0 spiro atoms. The second-order valence-electron chi connectivity index (χ2n) is 6.98. The molecule has 4 heteroatoms. The first-order chi connectivity index (χ1) is 10.2. The maximum atomic E-state index is 12.3. The van der Waals surface area contributed by atoms with Gasteiger partial charge in [-0.3, -0.25) is 4.79 Å². The van der Waals surface area contributed by atoms with Gasteiger partial charge < -0.3 is 14.8 Å². The van der Waals surface area contributed by atoms with Gasteiger partial charge in [-0.1, -0.05) is 32.4 Å². The Bertz CT molecular complexity index is 679. The van der Waals surface area contributed by atoms with Crippen molar-refractivity contribution in [3.8, 4) is 0 Å². The lowest BCUT2D eigenvalue weighted by Gasteiger charge is -2.25. The van der Waals surface area contributed by atoms with Crippen LogP contribution in [0, 0.1) is 19.3 Å². The smallest absolute Gasteiger partial charge is 0.287 e. The minimum absolute atomic E-state index is 0.183. The molecule has 0 bridgehead atoms. The van der Waals surface area contributed by atoms with Crippen LogP contribution >= 0.6 is 0 Å². The van der Waals surface area contributed by atoms with Crippen molar-refractivity contribution in [1.82, 2.24) is 5.32 Å². The lowest BCUT2D eigenvalue weighted by Crippen LogP contribution is -2.32. The summed E-state index contributed by atoms with van der Waals surface area (Å²) in [7, 11) is 0. The first kappa shape index (κ1) is 16.6. The van der Waals surface area contributed by atoms with Gasteiger partial charge in [-0.2, -0.15) is 0 Å². The van der Waals surface area contributed by atoms with Gasteiger partial charge in [-0.15, -0.1) is 0 Å². The molecule has 2 rings (SSSR count). The highest BCUT2D eigenvalue weighted by Crippen LogP contribution is 2.26. The zero-order valence-electron chi connectivity index (χ0n) is 14.0. The maximum absolute atomic E-state index is 12.3. The summed E-state index contributed by atoms with van der Waals surface area (Å²) >= 11 is 0. The van der Waals surface area contributed by atoms with E-state index in [1.54, 1.807) is 0 Å². The maximum Gasteiger partial charge on any atom is 0.287 e. The van der Waals surface area contributed by atoms with E-state index in [2.05, 4.69) is 5.32 Å². The molecule has 1 aromatic carbocycles. The Morgan fingerprint density at radius 3 is 2.64 bits per heavy atom. The molecular formula is C18H25NO3. The number of benzene rings is 1. The lowest BCUT2D eigenvalue weighted by atomic mass is 9.87. The molecule has 2 N–H and O–H groups in total. The number of aliphatic hydroxyl groups excluding tert-OH is 1. The van der Waals surface area contributed by atoms with E-state index in [4.69, 9.17) is 4.42 Å². The third-order valence-corrected chi connectivity index (χ3v) is 4.00. The number of hydrogen-bond acceptors (Lipinski definition) is 3. The lowest BCUT2D eigenvalue weighted by molar-refractivity contribution is 0.0549. The highest BCUT2D eigenvalue weighted by atomic mass is 16.3. The largest absolute Gasteiger partial charge is 0.451 e. The van der Waals surface area contributed by atoms with Crippen LogP contribution in [-0.4, -0.2) is 23.7 Å². The summed E-state index contributed by atoms with van der Waals surface area (Å²) in [5.74, 6) is 0.123. The minimum atomic E-state index is -0.452. The number of carbonyl (C=O) groups is 1. The van der Waals surface area contributed by atoms with Crippen LogP contribution in [0.5, 0.6) is 0 Å². The van der Waals surface area contributed by atoms with Crippen LogP contribution < -0.4 is 5.32 Å². The molecule has 1 amide bonds. The van der Waals surface area contributed by atoms with Crippen LogP contribution in [0.3, 0.4) is 0 Å². The number of amides is 1. The normalized spacial score (nSPS) is 13.4. The van der Waals surface area contributed by atoms with Gasteiger partial charge in [0, 0.05) is 17.5 Å². The van der Waals surface area contributed by atoms with Gasteiger partial charge in [0.25, 0.3) is 5.91 Å². The molecule has 120 valence electrons. The van der Waals surface area contributed by atoms with E-state index >= 15 is 0 Å². The Kier molecular flexibility index (Phi) is 4.61. The van der Waals surface area contributed by atoms with Crippen molar-refractivity contribution in [1.29, 1.82) is 0 Å². The van der Waals surface area contributed by atoms with Crippen molar-refractivity contribution in [3.05, 3.63) is 35.1 Å². The van der Waals surface area contributed by atoms with Crippen LogP contribution in [-0.2, 0) is 0 Å². The fraction of sp³-hybridized carbons (Fsp3) is 0.500. The highest BCUT2D eigenvalue weighted by Gasteiger charge is 2.22. The summed E-state index contributed by atoms with van der Waals surface area (Å²) in [6.07, 6.45) is 0.0698. The molecule has 0 saturated heterocycles. The molecule has 2 aromatic rings. The van der Waals surface area contributed by atoms with Crippen LogP contribution in [0.25, 0.3) is 11.0 Å². The number of rotatable bonds is 4. The molecule has 1 aromatic heterocycles. The van der Waals surface area contributed by atoms with Crippen LogP contribution in [0.1, 0.15) is 48.9 Å². The zero-order chi connectivity index (χ0) is 16.5. The van der Waals surface area contributed by atoms with Crippen LogP contribution in [0.15, 0.2) is 22.6 Å². The van der Waals surface area contributed by atoms with Crippen molar-refractivity contribution >= 4 is 16.9 Å². The Hall–Kier alpha value is -1.81. The predicted octanol–water partition coefficient (Wildman–Crippen LogP) is 3.58. The summed E-state index contributed by atoms with van der Waals surface area (Å²) in [5, 5.41) is 13.8. The topological polar surface area (TPSA) is 62.5 Å². The Morgan fingerprint density at radius 2 is 2.00 bits per heavy atom. The summed E-state index contributed by atoms with van der Waals surface area (Å²) in [5.41, 5.74) is 2.53. The van der Waals surface area contributed by atoms with Crippen molar-refractivity contribution in [2.45, 2.75) is 47.1 Å². The molecule has 0 unspecified atom stereocenters. The molecule has 0 aliphatic rings. The van der Waals surface area contributed by atoms with Crippen molar-refractivity contribution in [2.75, 3.05) is 6.54 Å². The summed E-state index contributed by atoms with van der Waals surface area (Å²) in [6, 6.07) is 5.87. The minimum Gasteiger partial charge on any atom is -0.451 e. The average molecular weight is 303 g/mol. The molecule has 0 aliphatic carbocycles. The van der Waals surface area contributed by atoms with Gasteiger partial charge in [-0.25, -0.2) is 0 Å². The van der Waals surface area contributed by atoms with Gasteiger partial charge in [0.1, 0.15) is 5.58 Å². The number of hydrogen-bond donors (Lipinski definition) is 2. The van der Waals surface area contributed by atoms with E-state index in [1.165, 1.54) is 0 Å². The number of carbonyl (C=O) groups excluding carboxylic acids is 1. The van der Waals surface area contributed by atoms with E-state index < -0.39 is 6.10 Å². The van der Waals surface area contributed by atoms with E-state index in [9.17, 15) is 9.90 Å². The zero-order valence-corrected chi connectivity index (χ0v) is 14.0. The van der Waals surface area contributed by atoms with Crippen molar-refractivity contribution in [3.63, 3.8) is 0 Å². The summed E-state index contributed by atoms with van der Waals surface area (Å²) < 4.78 is 5.67. The van der Waals surface area contributed by atoms with Gasteiger partial charge in [0.2, 0.25) is 0 Å².